The van der Waals surface area contributed by atoms with Crippen molar-refractivity contribution in [3.63, 3.8) is 0 Å². The molecule has 0 aliphatic carbocycles. The molecule has 0 spiro atoms. The number of nitrogens with zero attached hydrogens (tertiary/aromatic N) is 2. The number of benzene rings is 1. The van der Waals surface area contributed by atoms with Crippen molar-refractivity contribution in [2.45, 2.75) is 20.8 Å². The molecule has 98 valence electrons. The third kappa shape index (κ3) is 2.87. The first-order valence-corrected chi connectivity index (χ1v) is 6.73. The fourth-order valence-corrected chi connectivity index (χ4v) is 2.35. The Bertz CT molecular complexity index is 395. The van der Waals surface area contributed by atoms with E-state index in [0.717, 1.165) is 26.2 Å². The molecule has 0 N–H and O–H groups in total. The average Bonchev–Trinajstić information content (AvgIpc) is 2.38. The zero-order valence-corrected chi connectivity index (χ0v) is 11.8. The van der Waals surface area contributed by atoms with Crippen LogP contribution in [0.25, 0.3) is 0 Å². The van der Waals surface area contributed by atoms with E-state index >= 15 is 0 Å². The number of piperazine rings is 1. The summed E-state index contributed by atoms with van der Waals surface area (Å²) in [5.74, 6) is 0. The number of para-hydroxylation sites is 1. The smallest absolute Gasteiger partial charge is 0.0367 e. The van der Waals surface area contributed by atoms with E-state index in [2.05, 4.69) is 67.5 Å². The summed E-state index contributed by atoms with van der Waals surface area (Å²) in [7, 11) is 0. The van der Waals surface area contributed by atoms with Gasteiger partial charge >= 0.3 is 0 Å². The van der Waals surface area contributed by atoms with Gasteiger partial charge in [-0.05, 0) is 12.1 Å². The largest absolute Gasteiger partial charge is 0.371 e. The predicted octanol–water partition coefficient (Wildman–Crippen LogP) is 3.37. The van der Waals surface area contributed by atoms with Crippen LogP contribution in [-0.2, 0) is 0 Å². The summed E-state index contributed by atoms with van der Waals surface area (Å²) in [6, 6.07) is 10.7. The molecule has 1 aliphatic heterocycles. The third-order valence-corrected chi connectivity index (χ3v) is 3.65. The first-order chi connectivity index (χ1) is 8.48. The molecular weight excluding hydrogens is 220 g/mol. The summed E-state index contributed by atoms with van der Waals surface area (Å²) >= 11 is 0. The lowest BCUT2D eigenvalue weighted by Crippen LogP contribution is -2.47. The zero-order valence-electron chi connectivity index (χ0n) is 11.8. The first kappa shape index (κ1) is 13.0. The maximum Gasteiger partial charge on any atom is 0.0367 e. The van der Waals surface area contributed by atoms with Gasteiger partial charge in [0.1, 0.15) is 0 Å². The molecule has 1 aromatic rings. The van der Waals surface area contributed by atoms with Gasteiger partial charge in [-0.2, -0.15) is 0 Å². The van der Waals surface area contributed by atoms with Crippen molar-refractivity contribution < 1.29 is 0 Å². The fraction of sp³-hybridized carbons (Fsp3) is 0.500. The lowest BCUT2D eigenvalue weighted by atomic mass is 9.91. The molecule has 1 aliphatic rings. The Morgan fingerprint density at radius 1 is 1.00 bits per heavy atom. The van der Waals surface area contributed by atoms with Crippen molar-refractivity contribution >= 4 is 5.69 Å². The maximum atomic E-state index is 4.25. The van der Waals surface area contributed by atoms with Crippen LogP contribution in [0.5, 0.6) is 0 Å². The second kappa shape index (κ2) is 5.05. The summed E-state index contributed by atoms with van der Waals surface area (Å²) in [6.45, 7) is 15.3. The Morgan fingerprint density at radius 3 is 2.06 bits per heavy atom. The molecule has 18 heavy (non-hydrogen) atoms. The Labute approximate surface area is 111 Å². The number of allylic oxidation sites excluding steroid dienone is 1. The van der Waals surface area contributed by atoms with Gasteiger partial charge in [0.05, 0.1) is 0 Å². The summed E-state index contributed by atoms with van der Waals surface area (Å²) in [4.78, 5) is 4.88. The lowest BCUT2D eigenvalue weighted by molar-refractivity contribution is 0.256. The molecule has 2 rings (SSSR count). The van der Waals surface area contributed by atoms with Gasteiger partial charge in [0.2, 0.25) is 0 Å². The number of rotatable bonds is 2. The van der Waals surface area contributed by atoms with E-state index in [1.165, 1.54) is 11.4 Å². The Kier molecular flexibility index (Phi) is 3.65. The van der Waals surface area contributed by atoms with Gasteiger partial charge < -0.3 is 9.80 Å². The van der Waals surface area contributed by atoms with E-state index in [0.29, 0.717) is 0 Å². The molecule has 0 radical (unpaired) electrons. The Balaban J connectivity index is 1.95. The normalized spacial score (nSPS) is 16.8. The molecule has 0 saturated carbocycles. The second-order valence-electron chi connectivity index (χ2n) is 6.01. The number of anilines is 1. The molecule has 0 unspecified atom stereocenters. The molecule has 0 aromatic heterocycles. The topological polar surface area (TPSA) is 6.48 Å². The van der Waals surface area contributed by atoms with Gasteiger partial charge in [-0.25, -0.2) is 0 Å². The molecule has 2 heteroatoms. The highest BCUT2D eigenvalue weighted by Gasteiger charge is 2.24. The van der Waals surface area contributed by atoms with Gasteiger partial charge in [-0.1, -0.05) is 45.5 Å². The van der Waals surface area contributed by atoms with Crippen LogP contribution in [0.15, 0.2) is 42.6 Å². The SMILES string of the molecule is C=C(N1CCN(c2ccccc2)CC1)C(C)(C)C. The van der Waals surface area contributed by atoms with Crippen LogP contribution in [0.3, 0.4) is 0 Å². The van der Waals surface area contributed by atoms with Crippen molar-refractivity contribution in [2.75, 3.05) is 31.1 Å². The van der Waals surface area contributed by atoms with Crippen LogP contribution in [0.1, 0.15) is 20.8 Å². The minimum atomic E-state index is 0.176. The standard InChI is InChI=1S/C16H24N2/c1-14(16(2,3)4)17-10-12-18(13-11-17)15-8-6-5-7-9-15/h5-9H,1,10-13H2,2-4H3. The van der Waals surface area contributed by atoms with Crippen molar-refractivity contribution in [3.8, 4) is 0 Å². The van der Waals surface area contributed by atoms with Crippen LogP contribution >= 0.6 is 0 Å². The molecule has 0 atom stereocenters. The van der Waals surface area contributed by atoms with Crippen LogP contribution in [0.2, 0.25) is 0 Å². The van der Waals surface area contributed by atoms with Gasteiger partial charge in [0.25, 0.3) is 0 Å². The molecule has 1 fully saturated rings. The molecule has 0 amide bonds. The molecular formula is C16H24N2. The first-order valence-electron chi connectivity index (χ1n) is 6.73. The highest BCUT2D eigenvalue weighted by atomic mass is 15.3. The highest BCUT2D eigenvalue weighted by molar-refractivity contribution is 5.46. The third-order valence-electron chi connectivity index (χ3n) is 3.65. The Morgan fingerprint density at radius 2 is 1.56 bits per heavy atom. The minimum Gasteiger partial charge on any atom is -0.371 e. The second-order valence-corrected chi connectivity index (χ2v) is 6.01. The quantitative estimate of drug-likeness (QED) is 0.787. The molecule has 0 bridgehead atoms. The molecule has 1 saturated heterocycles. The van der Waals surface area contributed by atoms with Crippen LogP contribution in [-0.4, -0.2) is 31.1 Å². The van der Waals surface area contributed by atoms with Gasteiger partial charge in [-0.3, -0.25) is 0 Å². The molecule has 1 aromatic carbocycles. The lowest BCUT2D eigenvalue weighted by Gasteiger charge is -2.41. The molecule has 1 heterocycles. The van der Waals surface area contributed by atoms with Gasteiger partial charge in [-0.15, -0.1) is 0 Å². The maximum absolute atomic E-state index is 4.25. The van der Waals surface area contributed by atoms with Gasteiger partial charge in [0.15, 0.2) is 0 Å². The number of hydrogen-bond donors (Lipinski definition) is 0. The van der Waals surface area contributed by atoms with Crippen molar-refractivity contribution in [1.29, 1.82) is 0 Å². The summed E-state index contributed by atoms with van der Waals surface area (Å²) in [5.41, 5.74) is 2.77. The van der Waals surface area contributed by atoms with Crippen molar-refractivity contribution in [1.82, 2.24) is 4.90 Å². The summed E-state index contributed by atoms with van der Waals surface area (Å²) < 4.78 is 0. The minimum absolute atomic E-state index is 0.176. The van der Waals surface area contributed by atoms with E-state index in [1.807, 2.05) is 0 Å². The van der Waals surface area contributed by atoms with Crippen molar-refractivity contribution in [3.05, 3.63) is 42.6 Å². The van der Waals surface area contributed by atoms with E-state index < -0.39 is 0 Å². The van der Waals surface area contributed by atoms with Crippen LogP contribution in [0, 0.1) is 5.41 Å². The molecule has 2 nitrogen and oxygen atoms in total. The van der Waals surface area contributed by atoms with Crippen LogP contribution < -0.4 is 4.90 Å². The van der Waals surface area contributed by atoms with E-state index in [9.17, 15) is 0 Å². The highest BCUT2D eigenvalue weighted by Crippen LogP contribution is 2.28. The van der Waals surface area contributed by atoms with Crippen LogP contribution in [0.4, 0.5) is 5.69 Å². The zero-order chi connectivity index (χ0) is 13.2. The average molecular weight is 244 g/mol. The number of hydrogen-bond acceptors (Lipinski definition) is 2. The van der Waals surface area contributed by atoms with Crippen molar-refractivity contribution in [2.24, 2.45) is 5.41 Å². The van der Waals surface area contributed by atoms with E-state index in [-0.39, 0.29) is 5.41 Å². The summed E-state index contributed by atoms with van der Waals surface area (Å²) in [6.07, 6.45) is 0. The van der Waals surface area contributed by atoms with Gasteiger partial charge in [0, 0.05) is 43.0 Å². The Hall–Kier alpha value is -1.44. The monoisotopic (exact) mass is 244 g/mol. The van der Waals surface area contributed by atoms with E-state index in [4.69, 9.17) is 0 Å². The van der Waals surface area contributed by atoms with E-state index in [1.54, 1.807) is 0 Å². The fourth-order valence-electron chi connectivity index (χ4n) is 2.35. The predicted molar refractivity (Wildman–Crippen MR) is 78.8 cm³/mol. The summed E-state index contributed by atoms with van der Waals surface area (Å²) in [5, 5.41) is 0.